The standard InChI is InChI=1S/C9H11BrN2O2S/c10-4-9(1-2-14-5-9)12-8(13)7-3-11-6-15-7/h3,6H,1-2,4-5H2,(H,12,13). The first-order valence-electron chi connectivity index (χ1n) is 4.60. The van der Waals surface area contributed by atoms with Gasteiger partial charge < -0.3 is 10.1 Å². The van der Waals surface area contributed by atoms with Crippen LogP contribution < -0.4 is 5.32 Å². The van der Waals surface area contributed by atoms with Gasteiger partial charge in [-0.25, -0.2) is 0 Å². The molecule has 0 radical (unpaired) electrons. The van der Waals surface area contributed by atoms with Gasteiger partial charge in [-0.3, -0.25) is 9.78 Å². The molecule has 2 rings (SSSR count). The summed E-state index contributed by atoms with van der Waals surface area (Å²) in [6.45, 7) is 1.28. The van der Waals surface area contributed by atoms with Gasteiger partial charge in [-0.15, -0.1) is 11.3 Å². The lowest BCUT2D eigenvalue weighted by atomic mass is 10.0. The Morgan fingerprint density at radius 3 is 3.20 bits per heavy atom. The van der Waals surface area contributed by atoms with Crippen molar-refractivity contribution in [2.45, 2.75) is 12.0 Å². The molecule has 1 fully saturated rings. The Bertz CT molecular complexity index is 336. The Labute approximate surface area is 100 Å². The first-order chi connectivity index (χ1) is 7.26. The number of ether oxygens (including phenoxy) is 1. The second-order valence-corrected chi connectivity index (χ2v) is 4.98. The molecule has 1 unspecified atom stereocenters. The Balaban J connectivity index is 2.04. The van der Waals surface area contributed by atoms with Crippen molar-refractivity contribution in [3.63, 3.8) is 0 Å². The second-order valence-electron chi connectivity index (χ2n) is 3.54. The maximum atomic E-state index is 11.8. The molecule has 15 heavy (non-hydrogen) atoms. The first-order valence-corrected chi connectivity index (χ1v) is 6.61. The van der Waals surface area contributed by atoms with Gasteiger partial charge in [-0.1, -0.05) is 15.9 Å². The number of hydrogen-bond acceptors (Lipinski definition) is 4. The highest BCUT2D eigenvalue weighted by atomic mass is 79.9. The Morgan fingerprint density at radius 2 is 2.67 bits per heavy atom. The van der Waals surface area contributed by atoms with Crippen LogP contribution in [0.3, 0.4) is 0 Å². The second kappa shape index (κ2) is 4.59. The van der Waals surface area contributed by atoms with Crippen molar-refractivity contribution in [2.75, 3.05) is 18.5 Å². The zero-order chi connectivity index (χ0) is 10.7. The lowest BCUT2D eigenvalue weighted by molar-refractivity contribution is 0.0897. The van der Waals surface area contributed by atoms with E-state index in [-0.39, 0.29) is 11.4 Å². The van der Waals surface area contributed by atoms with E-state index in [9.17, 15) is 4.79 Å². The van der Waals surface area contributed by atoms with E-state index in [2.05, 4.69) is 26.2 Å². The minimum absolute atomic E-state index is 0.0672. The quantitative estimate of drug-likeness (QED) is 0.857. The molecule has 82 valence electrons. The van der Waals surface area contributed by atoms with Crippen LogP contribution in [0.5, 0.6) is 0 Å². The van der Waals surface area contributed by atoms with Crippen LogP contribution in [0, 0.1) is 0 Å². The molecule has 1 aliphatic rings. The summed E-state index contributed by atoms with van der Waals surface area (Å²) in [5, 5.41) is 3.72. The van der Waals surface area contributed by atoms with Gasteiger partial charge in [0.25, 0.3) is 5.91 Å². The molecule has 1 N–H and O–H groups in total. The van der Waals surface area contributed by atoms with Crippen LogP contribution in [0.15, 0.2) is 11.7 Å². The smallest absolute Gasteiger partial charge is 0.263 e. The summed E-state index contributed by atoms with van der Waals surface area (Å²) < 4.78 is 5.31. The highest BCUT2D eigenvalue weighted by Gasteiger charge is 2.35. The minimum atomic E-state index is -0.249. The number of nitrogens with zero attached hydrogens (tertiary/aromatic N) is 1. The number of amides is 1. The number of nitrogens with one attached hydrogen (secondary N) is 1. The molecule has 4 nitrogen and oxygen atoms in total. The van der Waals surface area contributed by atoms with E-state index in [4.69, 9.17) is 4.74 Å². The van der Waals surface area contributed by atoms with Crippen LogP contribution in [-0.4, -0.2) is 35.0 Å². The van der Waals surface area contributed by atoms with Gasteiger partial charge in [0.15, 0.2) is 0 Å². The van der Waals surface area contributed by atoms with Gasteiger partial charge in [0.1, 0.15) is 4.88 Å². The molecule has 2 heterocycles. The van der Waals surface area contributed by atoms with Gasteiger partial charge in [0, 0.05) is 11.9 Å². The summed E-state index contributed by atoms with van der Waals surface area (Å²) in [5.41, 5.74) is 1.40. The van der Waals surface area contributed by atoms with Crippen molar-refractivity contribution in [1.82, 2.24) is 10.3 Å². The van der Waals surface area contributed by atoms with E-state index in [1.807, 2.05) is 0 Å². The van der Waals surface area contributed by atoms with Crippen LogP contribution in [0.25, 0.3) is 0 Å². The molecule has 0 saturated carbocycles. The van der Waals surface area contributed by atoms with Crippen LogP contribution >= 0.6 is 27.3 Å². The number of carbonyl (C=O) groups is 1. The minimum Gasteiger partial charge on any atom is -0.379 e. The van der Waals surface area contributed by atoms with E-state index < -0.39 is 0 Å². The largest absolute Gasteiger partial charge is 0.379 e. The molecule has 1 amide bonds. The van der Waals surface area contributed by atoms with Crippen molar-refractivity contribution in [1.29, 1.82) is 0 Å². The van der Waals surface area contributed by atoms with E-state index in [0.29, 0.717) is 23.4 Å². The van der Waals surface area contributed by atoms with E-state index in [1.165, 1.54) is 11.3 Å². The van der Waals surface area contributed by atoms with Crippen LogP contribution in [0.2, 0.25) is 0 Å². The zero-order valence-corrected chi connectivity index (χ0v) is 10.4. The summed E-state index contributed by atoms with van der Waals surface area (Å²) in [7, 11) is 0. The van der Waals surface area contributed by atoms with Gasteiger partial charge in [0.05, 0.1) is 23.9 Å². The van der Waals surface area contributed by atoms with E-state index >= 15 is 0 Å². The van der Waals surface area contributed by atoms with Crippen molar-refractivity contribution in [2.24, 2.45) is 0 Å². The van der Waals surface area contributed by atoms with Crippen LogP contribution in [0.4, 0.5) is 0 Å². The third-order valence-corrected chi connectivity index (χ3v) is 4.24. The number of halogens is 1. The van der Waals surface area contributed by atoms with E-state index in [0.717, 1.165) is 6.42 Å². The third-order valence-electron chi connectivity index (χ3n) is 2.39. The number of thiazole rings is 1. The summed E-state index contributed by atoms with van der Waals surface area (Å²) in [6, 6.07) is 0. The number of rotatable bonds is 3. The predicted octanol–water partition coefficient (Wildman–Crippen LogP) is 1.43. The summed E-state index contributed by atoms with van der Waals surface area (Å²) in [6.07, 6.45) is 2.43. The SMILES string of the molecule is O=C(NC1(CBr)CCOC1)c1cncs1. The van der Waals surface area contributed by atoms with Crippen LogP contribution in [0.1, 0.15) is 16.1 Å². The summed E-state index contributed by atoms with van der Waals surface area (Å²) in [4.78, 5) is 16.3. The maximum absolute atomic E-state index is 11.8. The van der Waals surface area contributed by atoms with Gasteiger partial charge in [-0.05, 0) is 6.42 Å². The molecular weight excluding hydrogens is 280 g/mol. The molecule has 1 aliphatic heterocycles. The molecule has 1 atom stereocenters. The molecule has 0 spiro atoms. The molecule has 1 saturated heterocycles. The molecule has 0 aromatic carbocycles. The fourth-order valence-corrected chi connectivity index (χ4v) is 2.57. The highest BCUT2D eigenvalue weighted by Crippen LogP contribution is 2.22. The number of alkyl halides is 1. The third kappa shape index (κ3) is 2.38. The van der Waals surface area contributed by atoms with E-state index in [1.54, 1.807) is 11.7 Å². The number of hydrogen-bond donors (Lipinski definition) is 1. The van der Waals surface area contributed by atoms with Crippen molar-refractivity contribution < 1.29 is 9.53 Å². The van der Waals surface area contributed by atoms with Crippen molar-refractivity contribution in [3.8, 4) is 0 Å². The van der Waals surface area contributed by atoms with Crippen molar-refractivity contribution >= 4 is 33.2 Å². The Kier molecular flexibility index (Phi) is 3.38. The van der Waals surface area contributed by atoms with Gasteiger partial charge >= 0.3 is 0 Å². The topological polar surface area (TPSA) is 51.2 Å². The normalized spacial score (nSPS) is 25.4. The predicted molar refractivity (Wildman–Crippen MR) is 61.5 cm³/mol. The Morgan fingerprint density at radius 1 is 1.80 bits per heavy atom. The first kappa shape index (κ1) is 11.0. The maximum Gasteiger partial charge on any atom is 0.263 e. The highest BCUT2D eigenvalue weighted by molar-refractivity contribution is 9.09. The summed E-state index contributed by atoms with van der Waals surface area (Å²) >= 11 is 4.76. The molecule has 1 aromatic heterocycles. The summed E-state index contributed by atoms with van der Waals surface area (Å²) in [5.74, 6) is -0.0672. The lowest BCUT2D eigenvalue weighted by Gasteiger charge is -2.25. The monoisotopic (exact) mass is 290 g/mol. The van der Waals surface area contributed by atoms with Crippen molar-refractivity contribution in [3.05, 3.63) is 16.6 Å². The number of aromatic nitrogens is 1. The molecular formula is C9H11BrN2O2S. The average Bonchev–Trinajstić information content (AvgIpc) is 2.88. The van der Waals surface area contributed by atoms with Crippen LogP contribution in [-0.2, 0) is 4.74 Å². The molecule has 6 heteroatoms. The molecule has 0 bridgehead atoms. The van der Waals surface area contributed by atoms with Gasteiger partial charge in [-0.2, -0.15) is 0 Å². The average molecular weight is 291 g/mol. The Hall–Kier alpha value is -0.460. The van der Waals surface area contributed by atoms with Gasteiger partial charge in [0.2, 0.25) is 0 Å². The lowest BCUT2D eigenvalue weighted by Crippen LogP contribution is -2.50. The fourth-order valence-electron chi connectivity index (χ4n) is 1.47. The number of carbonyl (C=O) groups excluding carboxylic acids is 1. The fraction of sp³-hybridized carbons (Fsp3) is 0.556. The molecule has 0 aliphatic carbocycles. The molecule has 1 aromatic rings. The zero-order valence-electron chi connectivity index (χ0n) is 8.03.